The van der Waals surface area contributed by atoms with Crippen LogP contribution in [-0.2, 0) is 0 Å². The van der Waals surface area contributed by atoms with Gasteiger partial charge in [-0.2, -0.15) is 5.10 Å². The quantitative estimate of drug-likeness (QED) is 0.245. The molecule has 3 N–H and O–H groups in total. The molecule has 0 radical (unpaired) electrons. The lowest BCUT2D eigenvalue weighted by Gasteiger charge is -2.15. The summed E-state index contributed by atoms with van der Waals surface area (Å²) < 4.78 is 2.21. The number of nitrogens with zero attached hydrogens (tertiary/aromatic N) is 2. The van der Waals surface area contributed by atoms with Crippen molar-refractivity contribution in [2.24, 2.45) is 10.8 Å². The minimum atomic E-state index is 0.118. The highest BCUT2D eigenvalue weighted by molar-refractivity contribution is 7.80. The molecule has 30 heavy (non-hydrogen) atoms. The van der Waals surface area contributed by atoms with Crippen LogP contribution >= 0.6 is 23.8 Å². The van der Waals surface area contributed by atoms with E-state index >= 15 is 0 Å². The number of nitrogens with two attached hydrogens (primary N) is 1. The number of halogens is 1. The summed E-state index contributed by atoms with van der Waals surface area (Å²) in [6.45, 7) is 0. The second kappa shape index (κ2) is 8.95. The molecule has 0 unspecified atom stereocenters. The first kappa shape index (κ1) is 19.9. The number of aromatic nitrogens is 1. The summed E-state index contributed by atoms with van der Waals surface area (Å²) in [5.74, 6) is 0. The smallest absolute Gasteiger partial charge is 0.184 e. The van der Waals surface area contributed by atoms with Crippen molar-refractivity contribution in [3.8, 4) is 28.2 Å². The van der Waals surface area contributed by atoms with E-state index in [1.165, 1.54) is 0 Å². The van der Waals surface area contributed by atoms with Crippen molar-refractivity contribution in [1.82, 2.24) is 9.99 Å². The summed E-state index contributed by atoms with van der Waals surface area (Å²) in [7, 11) is 0. The van der Waals surface area contributed by atoms with Gasteiger partial charge >= 0.3 is 0 Å². The lowest BCUT2D eigenvalue weighted by Crippen LogP contribution is -2.24. The van der Waals surface area contributed by atoms with Gasteiger partial charge in [0.2, 0.25) is 0 Å². The number of thiocarbonyl (C=S) groups is 1. The molecule has 148 valence electrons. The molecule has 1 heterocycles. The summed E-state index contributed by atoms with van der Waals surface area (Å²) in [6, 6.07) is 30.3. The second-order valence-corrected chi connectivity index (χ2v) is 7.49. The highest BCUT2D eigenvalue weighted by Crippen LogP contribution is 2.35. The van der Waals surface area contributed by atoms with E-state index in [0.29, 0.717) is 5.02 Å². The van der Waals surface area contributed by atoms with Crippen LogP contribution in [0.3, 0.4) is 0 Å². The molecule has 0 fully saturated rings. The van der Waals surface area contributed by atoms with Crippen LogP contribution in [0, 0.1) is 0 Å². The molecule has 4 aromatic rings. The first-order chi connectivity index (χ1) is 14.6. The Balaban J connectivity index is 2.00. The Hall–Kier alpha value is -3.41. The monoisotopic (exact) mass is 430 g/mol. The van der Waals surface area contributed by atoms with Gasteiger partial charge in [-0.25, -0.2) is 0 Å². The summed E-state index contributed by atoms with van der Waals surface area (Å²) in [6.07, 6.45) is 1.74. The molecule has 4 rings (SSSR count). The van der Waals surface area contributed by atoms with Gasteiger partial charge in [0.15, 0.2) is 5.11 Å². The molecule has 0 aliphatic heterocycles. The molecule has 6 heteroatoms. The van der Waals surface area contributed by atoms with Crippen molar-refractivity contribution in [1.29, 1.82) is 0 Å². The lowest BCUT2D eigenvalue weighted by atomic mass is 10.1. The Morgan fingerprint density at radius 2 is 1.50 bits per heavy atom. The molecule has 0 amide bonds. The van der Waals surface area contributed by atoms with Gasteiger partial charge in [-0.05, 0) is 53.7 Å². The van der Waals surface area contributed by atoms with Crippen LogP contribution in [0.4, 0.5) is 0 Å². The molecule has 4 nitrogen and oxygen atoms in total. The van der Waals surface area contributed by atoms with Crippen LogP contribution in [0.15, 0.2) is 96.1 Å². The van der Waals surface area contributed by atoms with Crippen molar-refractivity contribution >= 4 is 35.1 Å². The Morgan fingerprint density at radius 1 is 0.900 bits per heavy atom. The molecule has 0 saturated heterocycles. The average molecular weight is 431 g/mol. The Kier molecular flexibility index (Phi) is 5.93. The van der Waals surface area contributed by atoms with E-state index < -0.39 is 0 Å². The van der Waals surface area contributed by atoms with Crippen molar-refractivity contribution < 1.29 is 0 Å². The normalized spacial score (nSPS) is 11.0. The van der Waals surface area contributed by atoms with Crippen LogP contribution in [0.25, 0.3) is 28.2 Å². The topological polar surface area (TPSA) is 55.3 Å². The molecule has 0 saturated carbocycles. The maximum Gasteiger partial charge on any atom is 0.184 e. The first-order valence-electron chi connectivity index (χ1n) is 9.34. The highest BCUT2D eigenvalue weighted by atomic mass is 35.5. The Bertz CT molecular complexity index is 1180. The average Bonchev–Trinajstić information content (AvgIpc) is 3.15. The SMILES string of the molecule is NC(=S)N/N=C/c1cc(-c2ccccc2)n(-c2ccc(Cl)cc2)c1-c1ccccc1. The van der Waals surface area contributed by atoms with Gasteiger partial charge in [0, 0.05) is 16.3 Å². The van der Waals surface area contributed by atoms with Crippen molar-refractivity contribution in [3.63, 3.8) is 0 Å². The van der Waals surface area contributed by atoms with E-state index in [1.807, 2.05) is 60.7 Å². The third-order valence-electron chi connectivity index (χ3n) is 4.61. The summed E-state index contributed by atoms with van der Waals surface area (Å²) in [4.78, 5) is 0. The number of benzene rings is 3. The van der Waals surface area contributed by atoms with Crippen molar-refractivity contribution in [3.05, 3.63) is 102 Å². The van der Waals surface area contributed by atoms with Crippen LogP contribution < -0.4 is 11.2 Å². The number of hydrazone groups is 1. The van der Waals surface area contributed by atoms with E-state index in [0.717, 1.165) is 33.8 Å². The molecule has 0 aliphatic carbocycles. The molecule has 1 aromatic heterocycles. The zero-order chi connectivity index (χ0) is 20.9. The molecule has 0 atom stereocenters. The summed E-state index contributed by atoms with van der Waals surface area (Å²) in [5, 5.41) is 5.02. The van der Waals surface area contributed by atoms with E-state index in [2.05, 4.69) is 45.4 Å². The van der Waals surface area contributed by atoms with Crippen LogP contribution in [0.5, 0.6) is 0 Å². The van der Waals surface area contributed by atoms with Gasteiger partial charge in [-0.15, -0.1) is 0 Å². The fraction of sp³-hybridized carbons (Fsp3) is 0. The molecule has 0 aliphatic rings. The predicted octanol–water partition coefficient (Wildman–Crippen LogP) is 5.63. The second-order valence-electron chi connectivity index (χ2n) is 6.61. The van der Waals surface area contributed by atoms with Crippen molar-refractivity contribution in [2.45, 2.75) is 0 Å². The van der Waals surface area contributed by atoms with Gasteiger partial charge in [0.25, 0.3) is 0 Å². The maximum absolute atomic E-state index is 6.15. The fourth-order valence-electron chi connectivity index (χ4n) is 3.37. The van der Waals surface area contributed by atoms with Gasteiger partial charge in [0.1, 0.15) is 0 Å². The zero-order valence-electron chi connectivity index (χ0n) is 16.0. The van der Waals surface area contributed by atoms with Crippen LogP contribution in [0.2, 0.25) is 5.02 Å². The van der Waals surface area contributed by atoms with E-state index in [9.17, 15) is 0 Å². The third kappa shape index (κ3) is 4.27. The first-order valence-corrected chi connectivity index (χ1v) is 10.1. The minimum Gasteiger partial charge on any atom is -0.375 e. The molecular formula is C24H19ClN4S. The number of hydrogen-bond acceptors (Lipinski definition) is 2. The largest absolute Gasteiger partial charge is 0.375 e. The maximum atomic E-state index is 6.15. The molecular weight excluding hydrogens is 412 g/mol. The Morgan fingerprint density at radius 3 is 2.10 bits per heavy atom. The standard InChI is InChI=1S/C24H19ClN4S/c25-20-11-13-21(14-12-20)29-22(17-7-3-1-4-8-17)15-19(16-27-28-24(26)30)23(29)18-9-5-2-6-10-18/h1-16H,(H3,26,28,30)/b27-16+. The predicted molar refractivity (Wildman–Crippen MR) is 129 cm³/mol. The van der Waals surface area contributed by atoms with Crippen LogP contribution in [-0.4, -0.2) is 15.9 Å². The van der Waals surface area contributed by atoms with Gasteiger partial charge in [0.05, 0.1) is 17.6 Å². The van der Waals surface area contributed by atoms with E-state index in [-0.39, 0.29) is 5.11 Å². The van der Waals surface area contributed by atoms with Gasteiger partial charge in [-0.1, -0.05) is 72.3 Å². The van der Waals surface area contributed by atoms with Crippen molar-refractivity contribution in [2.75, 3.05) is 0 Å². The fourth-order valence-corrected chi connectivity index (χ4v) is 3.54. The van der Waals surface area contributed by atoms with E-state index in [4.69, 9.17) is 29.6 Å². The molecule has 3 aromatic carbocycles. The van der Waals surface area contributed by atoms with E-state index in [1.54, 1.807) is 6.21 Å². The summed E-state index contributed by atoms with van der Waals surface area (Å²) >= 11 is 11.0. The number of hydrogen-bond donors (Lipinski definition) is 2. The number of rotatable bonds is 5. The number of nitrogens with one attached hydrogen (secondary N) is 1. The molecule has 0 bridgehead atoms. The third-order valence-corrected chi connectivity index (χ3v) is 4.95. The Labute approximate surface area is 185 Å². The zero-order valence-corrected chi connectivity index (χ0v) is 17.6. The molecule has 0 spiro atoms. The van der Waals surface area contributed by atoms with Crippen LogP contribution in [0.1, 0.15) is 5.56 Å². The summed E-state index contributed by atoms with van der Waals surface area (Å²) in [5.41, 5.74) is 14.3. The minimum absolute atomic E-state index is 0.118. The van der Waals surface area contributed by atoms with Gasteiger partial charge < -0.3 is 10.3 Å². The van der Waals surface area contributed by atoms with Gasteiger partial charge in [-0.3, -0.25) is 5.43 Å². The lowest BCUT2D eigenvalue weighted by molar-refractivity contribution is 1.04. The highest BCUT2D eigenvalue weighted by Gasteiger charge is 2.18.